The Morgan fingerprint density at radius 1 is 1.17 bits per heavy atom. The van der Waals surface area contributed by atoms with Crippen LogP contribution >= 0.6 is 0 Å². The molecule has 1 aromatic carbocycles. The van der Waals surface area contributed by atoms with Crippen molar-refractivity contribution in [3.05, 3.63) is 24.1 Å². The normalized spacial score (nSPS) is 23.2. The van der Waals surface area contributed by atoms with Crippen LogP contribution in [0.1, 0.15) is 38.5 Å². The van der Waals surface area contributed by atoms with Crippen molar-refractivity contribution in [2.75, 3.05) is 6.79 Å². The van der Waals surface area contributed by atoms with Crippen molar-refractivity contribution in [2.45, 2.75) is 45.3 Å². The Hall–Kier alpha value is -2.08. The zero-order chi connectivity index (χ0) is 15.6. The Morgan fingerprint density at radius 3 is 3.00 bits per heavy atom. The molecule has 6 nitrogen and oxygen atoms in total. The predicted molar refractivity (Wildman–Crippen MR) is 82.1 cm³/mol. The molecule has 4 rings (SSSR count). The molecule has 0 saturated heterocycles. The largest absolute Gasteiger partial charge is 0.454 e. The second kappa shape index (κ2) is 6.20. The summed E-state index contributed by atoms with van der Waals surface area (Å²) >= 11 is 0. The highest BCUT2D eigenvalue weighted by Crippen LogP contribution is 2.35. The van der Waals surface area contributed by atoms with E-state index < -0.39 is 0 Å². The molecule has 23 heavy (non-hydrogen) atoms. The van der Waals surface area contributed by atoms with Crippen molar-refractivity contribution in [1.29, 1.82) is 0 Å². The third-order valence-corrected chi connectivity index (χ3v) is 4.42. The smallest absolute Gasteiger partial charge is 0.248 e. The lowest BCUT2D eigenvalue weighted by molar-refractivity contribution is -0.00444. The lowest BCUT2D eigenvalue weighted by Gasteiger charge is -2.26. The van der Waals surface area contributed by atoms with Gasteiger partial charge in [-0.1, -0.05) is 19.8 Å². The molecular formula is C17H20N2O4. The summed E-state index contributed by atoms with van der Waals surface area (Å²) in [4.78, 5) is 0. The summed E-state index contributed by atoms with van der Waals surface area (Å²) in [5.41, 5.74) is 0.819. The summed E-state index contributed by atoms with van der Waals surface area (Å²) in [7, 11) is 0. The topological polar surface area (TPSA) is 66.6 Å². The van der Waals surface area contributed by atoms with Crippen LogP contribution in [0, 0.1) is 5.92 Å². The maximum Gasteiger partial charge on any atom is 0.248 e. The van der Waals surface area contributed by atoms with E-state index >= 15 is 0 Å². The van der Waals surface area contributed by atoms with Crippen molar-refractivity contribution in [3.8, 4) is 23.0 Å². The summed E-state index contributed by atoms with van der Waals surface area (Å²) in [5.74, 6) is 3.16. The van der Waals surface area contributed by atoms with E-state index in [9.17, 15) is 0 Å². The first-order chi connectivity index (χ1) is 11.3. The molecule has 2 atom stereocenters. The molecule has 1 saturated carbocycles. The Morgan fingerprint density at radius 2 is 2.09 bits per heavy atom. The maximum atomic E-state index is 5.92. The van der Waals surface area contributed by atoms with Crippen molar-refractivity contribution in [3.63, 3.8) is 0 Å². The van der Waals surface area contributed by atoms with Gasteiger partial charge in [-0.2, -0.15) is 0 Å². The minimum atomic E-state index is 0.252. The summed E-state index contributed by atoms with van der Waals surface area (Å²) in [6.45, 7) is 2.90. The van der Waals surface area contributed by atoms with E-state index in [1.807, 2.05) is 18.2 Å². The van der Waals surface area contributed by atoms with E-state index in [1.165, 1.54) is 12.8 Å². The highest BCUT2D eigenvalue weighted by Gasteiger charge is 2.21. The first kappa shape index (κ1) is 14.5. The molecule has 2 unspecified atom stereocenters. The second-order valence-corrected chi connectivity index (χ2v) is 6.27. The molecule has 0 N–H and O–H groups in total. The van der Waals surface area contributed by atoms with E-state index in [0.29, 0.717) is 30.2 Å². The molecule has 122 valence electrons. The fourth-order valence-electron chi connectivity index (χ4n) is 3.18. The van der Waals surface area contributed by atoms with Crippen LogP contribution in [0.3, 0.4) is 0 Å². The quantitative estimate of drug-likeness (QED) is 0.859. The van der Waals surface area contributed by atoms with Crippen molar-refractivity contribution in [1.82, 2.24) is 10.2 Å². The van der Waals surface area contributed by atoms with Gasteiger partial charge in [0, 0.05) is 5.56 Å². The SMILES string of the molecule is CC1CCCC(OCc2nnc(-c3ccc4c(c3)OCO4)o2)C1. The molecule has 0 bridgehead atoms. The number of nitrogens with zero attached hydrogens (tertiary/aromatic N) is 2. The highest BCUT2D eigenvalue weighted by molar-refractivity contribution is 5.60. The lowest BCUT2D eigenvalue weighted by atomic mass is 9.89. The van der Waals surface area contributed by atoms with Crippen LogP contribution in [0.2, 0.25) is 0 Å². The minimum absolute atomic E-state index is 0.252. The number of hydrogen-bond donors (Lipinski definition) is 0. The van der Waals surface area contributed by atoms with Crippen molar-refractivity contribution in [2.24, 2.45) is 5.92 Å². The average Bonchev–Trinajstić information content (AvgIpc) is 3.21. The Balaban J connectivity index is 1.40. The van der Waals surface area contributed by atoms with Gasteiger partial charge in [0.25, 0.3) is 0 Å². The van der Waals surface area contributed by atoms with Gasteiger partial charge in [-0.3, -0.25) is 0 Å². The molecule has 0 radical (unpaired) electrons. The lowest BCUT2D eigenvalue weighted by Crippen LogP contribution is -2.21. The molecule has 2 aromatic rings. The Labute approximate surface area is 134 Å². The monoisotopic (exact) mass is 316 g/mol. The first-order valence-electron chi connectivity index (χ1n) is 8.12. The van der Waals surface area contributed by atoms with Gasteiger partial charge in [0.2, 0.25) is 18.6 Å². The van der Waals surface area contributed by atoms with E-state index in [0.717, 1.165) is 30.1 Å². The van der Waals surface area contributed by atoms with E-state index in [4.69, 9.17) is 18.6 Å². The predicted octanol–water partition coefficient (Wildman–Crippen LogP) is 3.56. The molecular weight excluding hydrogens is 296 g/mol. The van der Waals surface area contributed by atoms with Crippen molar-refractivity contribution >= 4 is 0 Å². The van der Waals surface area contributed by atoms with E-state index in [-0.39, 0.29) is 6.79 Å². The number of aromatic nitrogens is 2. The number of hydrogen-bond acceptors (Lipinski definition) is 6. The van der Waals surface area contributed by atoms with Gasteiger partial charge < -0.3 is 18.6 Å². The maximum absolute atomic E-state index is 5.92. The Bertz CT molecular complexity index is 685. The van der Waals surface area contributed by atoms with Gasteiger partial charge in [-0.05, 0) is 37.0 Å². The summed E-state index contributed by atoms with van der Waals surface area (Å²) in [6, 6.07) is 5.58. The number of rotatable bonds is 4. The molecule has 6 heteroatoms. The van der Waals surface area contributed by atoms with Gasteiger partial charge in [0.1, 0.15) is 6.61 Å². The molecule has 2 heterocycles. The Kier molecular flexibility index (Phi) is 3.91. The van der Waals surface area contributed by atoms with Crippen molar-refractivity contribution < 1.29 is 18.6 Å². The third-order valence-electron chi connectivity index (χ3n) is 4.42. The third kappa shape index (κ3) is 3.17. The van der Waals surface area contributed by atoms with Gasteiger partial charge in [-0.15, -0.1) is 10.2 Å². The summed E-state index contributed by atoms with van der Waals surface area (Å²) in [5, 5.41) is 8.17. The van der Waals surface area contributed by atoms with Crippen LogP contribution < -0.4 is 9.47 Å². The van der Waals surface area contributed by atoms with Crippen LogP contribution in [-0.2, 0) is 11.3 Å². The standard InChI is InChI=1S/C17H20N2O4/c1-11-3-2-4-13(7-11)20-9-16-18-19-17(23-16)12-5-6-14-15(8-12)22-10-21-14/h5-6,8,11,13H,2-4,7,9-10H2,1H3. The molecule has 0 amide bonds. The summed E-state index contributed by atoms with van der Waals surface area (Å²) in [6.07, 6.45) is 5.07. The number of fused-ring (bicyclic) bond motifs is 1. The molecule has 1 aromatic heterocycles. The molecule has 1 aliphatic heterocycles. The zero-order valence-electron chi connectivity index (χ0n) is 13.2. The van der Waals surface area contributed by atoms with Gasteiger partial charge in [-0.25, -0.2) is 0 Å². The van der Waals surface area contributed by atoms with Crippen LogP contribution in [0.5, 0.6) is 11.5 Å². The van der Waals surface area contributed by atoms with Crippen LogP contribution in [0.15, 0.2) is 22.6 Å². The molecule has 1 fully saturated rings. The molecule has 0 spiro atoms. The van der Waals surface area contributed by atoms with E-state index in [1.54, 1.807) is 0 Å². The van der Waals surface area contributed by atoms with E-state index in [2.05, 4.69) is 17.1 Å². The van der Waals surface area contributed by atoms with Gasteiger partial charge in [0.15, 0.2) is 11.5 Å². The fraction of sp³-hybridized carbons (Fsp3) is 0.529. The van der Waals surface area contributed by atoms with Crippen LogP contribution in [-0.4, -0.2) is 23.1 Å². The minimum Gasteiger partial charge on any atom is -0.454 e. The number of ether oxygens (including phenoxy) is 3. The highest BCUT2D eigenvalue weighted by atomic mass is 16.7. The average molecular weight is 316 g/mol. The fourth-order valence-corrected chi connectivity index (χ4v) is 3.18. The number of benzene rings is 1. The first-order valence-corrected chi connectivity index (χ1v) is 8.12. The summed E-state index contributed by atoms with van der Waals surface area (Å²) < 4.78 is 22.3. The zero-order valence-corrected chi connectivity index (χ0v) is 13.2. The molecule has 1 aliphatic carbocycles. The van der Waals surface area contributed by atoms with Gasteiger partial charge >= 0.3 is 0 Å². The second-order valence-electron chi connectivity index (χ2n) is 6.27. The van der Waals surface area contributed by atoms with Crippen LogP contribution in [0.4, 0.5) is 0 Å². The van der Waals surface area contributed by atoms with Gasteiger partial charge in [0.05, 0.1) is 6.10 Å². The van der Waals surface area contributed by atoms with Crippen LogP contribution in [0.25, 0.3) is 11.5 Å². The molecule has 2 aliphatic rings.